The van der Waals surface area contributed by atoms with E-state index in [2.05, 4.69) is 6.92 Å². The van der Waals surface area contributed by atoms with Crippen molar-refractivity contribution in [3.63, 3.8) is 0 Å². The molecule has 2 unspecified atom stereocenters. The minimum absolute atomic E-state index is 0.0772. The monoisotopic (exact) mass is 430 g/mol. The third-order valence-corrected chi connectivity index (χ3v) is 8.71. The Morgan fingerprint density at radius 2 is 1.34 bits per heavy atom. The topological polar surface area (TPSA) is 44.8 Å². The molecule has 29 heavy (non-hydrogen) atoms. The Bertz CT molecular complexity index is 507. The molecular formula is C23H45NO4P+. The summed E-state index contributed by atoms with van der Waals surface area (Å²) in [6.45, 7) is 5.57. The number of nitrogens with zero attached hydrogens (tertiary/aromatic N) is 1. The third kappa shape index (κ3) is 7.61. The van der Waals surface area contributed by atoms with Crippen LogP contribution in [-0.2, 0) is 18.2 Å². The molecule has 0 N–H and O–H groups in total. The van der Waals surface area contributed by atoms with Crippen molar-refractivity contribution in [1.29, 1.82) is 0 Å². The van der Waals surface area contributed by atoms with Gasteiger partial charge in [0.1, 0.15) is 25.7 Å². The van der Waals surface area contributed by atoms with Gasteiger partial charge in [-0.2, -0.15) is 4.65 Å². The van der Waals surface area contributed by atoms with E-state index < -0.39 is 7.82 Å². The fourth-order valence-corrected chi connectivity index (χ4v) is 6.97. The van der Waals surface area contributed by atoms with E-state index in [0.29, 0.717) is 17.2 Å². The molecule has 0 amide bonds. The summed E-state index contributed by atoms with van der Waals surface area (Å²) in [5, 5.41) is 0. The first-order valence-electron chi connectivity index (χ1n) is 12.7. The zero-order chi connectivity index (χ0) is 20.4. The van der Waals surface area contributed by atoms with E-state index in [1.807, 2.05) is 0 Å². The van der Waals surface area contributed by atoms with Crippen LogP contribution in [0.5, 0.6) is 0 Å². The van der Waals surface area contributed by atoms with Crippen molar-refractivity contribution in [2.75, 3.05) is 26.2 Å². The zero-order valence-corrected chi connectivity index (χ0v) is 19.7. The molecule has 3 bridgehead atoms. The average molecular weight is 431 g/mol. The molecule has 5 nitrogen and oxygen atoms in total. The third-order valence-electron chi connectivity index (χ3n) is 7.14. The van der Waals surface area contributed by atoms with Gasteiger partial charge in [0, 0.05) is 18.8 Å². The van der Waals surface area contributed by atoms with Gasteiger partial charge in [0.25, 0.3) is 0 Å². The Kier molecular flexibility index (Phi) is 9.98. The van der Waals surface area contributed by atoms with Crippen LogP contribution in [0.3, 0.4) is 0 Å². The lowest BCUT2D eigenvalue weighted by Crippen LogP contribution is -2.65. The minimum Gasteiger partial charge on any atom is -0.284 e. The van der Waals surface area contributed by atoms with E-state index in [0.717, 1.165) is 45.3 Å². The van der Waals surface area contributed by atoms with E-state index in [-0.39, 0.29) is 6.10 Å². The van der Waals surface area contributed by atoms with Crippen LogP contribution < -0.4 is 0 Å². The number of quaternary nitrogens is 1. The second kappa shape index (κ2) is 12.2. The van der Waals surface area contributed by atoms with E-state index in [1.165, 1.54) is 77.0 Å². The molecule has 0 aromatic heterocycles. The number of phosphoric acid groups is 1. The first-order chi connectivity index (χ1) is 14.1. The van der Waals surface area contributed by atoms with Crippen molar-refractivity contribution >= 4 is 7.82 Å². The normalized spacial score (nSPS) is 33.3. The van der Waals surface area contributed by atoms with Crippen LogP contribution in [0.1, 0.15) is 110 Å². The number of unbranched alkanes of at least 4 members (excludes halogenated alkanes) is 13. The summed E-state index contributed by atoms with van der Waals surface area (Å²) < 4.78 is 30.7. The molecule has 2 atom stereocenters. The zero-order valence-electron chi connectivity index (χ0n) is 18.8. The van der Waals surface area contributed by atoms with Crippen LogP contribution in [0.4, 0.5) is 0 Å². The van der Waals surface area contributed by atoms with Crippen LogP contribution >= 0.6 is 7.82 Å². The molecule has 1 spiro atoms. The summed E-state index contributed by atoms with van der Waals surface area (Å²) in [5.41, 5.74) is 0. The first-order valence-corrected chi connectivity index (χ1v) is 14.1. The summed E-state index contributed by atoms with van der Waals surface area (Å²) >= 11 is 0. The lowest BCUT2D eigenvalue weighted by Gasteiger charge is -2.53. The maximum Gasteiger partial charge on any atom is 0.521 e. The fourth-order valence-electron chi connectivity index (χ4n) is 5.25. The molecule has 4 rings (SSSR count). The average Bonchev–Trinajstić information content (AvgIpc) is 2.70. The van der Waals surface area contributed by atoms with Gasteiger partial charge in [0.05, 0.1) is 6.61 Å². The molecule has 4 aliphatic rings. The molecule has 0 aliphatic carbocycles. The van der Waals surface area contributed by atoms with Crippen molar-refractivity contribution in [3.8, 4) is 0 Å². The SMILES string of the molecule is CCCCCCCCCCCCCCCCOP1(=O)OC2C[N+]3(CCC2CC3)O1. The lowest BCUT2D eigenvalue weighted by molar-refractivity contribution is -1.10. The standard InChI is InChI=1S/C23H45NO4P/c1-2-3-4-5-6-7-8-9-10-11-12-13-14-15-20-26-29(25)27-23-21-24(28-29)18-16-22(23)17-19-24/h22-23H,2-21H2,1H3/q+1. The molecular weight excluding hydrogens is 385 g/mol. The Morgan fingerprint density at radius 3 is 1.86 bits per heavy atom. The Labute approximate surface area is 179 Å². The quantitative estimate of drug-likeness (QED) is 0.148. The summed E-state index contributed by atoms with van der Waals surface area (Å²) in [6, 6.07) is 0. The largest absolute Gasteiger partial charge is 0.521 e. The maximum atomic E-state index is 12.9. The molecule has 170 valence electrons. The highest BCUT2D eigenvalue weighted by Crippen LogP contribution is 2.60. The molecule has 0 aromatic rings. The van der Waals surface area contributed by atoms with Crippen molar-refractivity contribution in [2.45, 2.75) is 116 Å². The summed E-state index contributed by atoms with van der Waals surface area (Å²) in [5.74, 6) is 0.553. The molecule has 6 heteroatoms. The van der Waals surface area contributed by atoms with Crippen molar-refractivity contribution in [1.82, 2.24) is 0 Å². The van der Waals surface area contributed by atoms with Gasteiger partial charge in [-0.1, -0.05) is 95.0 Å². The van der Waals surface area contributed by atoms with Crippen LogP contribution in [0.15, 0.2) is 0 Å². The molecule has 4 heterocycles. The maximum absolute atomic E-state index is 12.9. The highest BCUT2D eigenvalue weighted by atomic mass is 31.2. The van der Waals surface area contributed by atoms with E-state index in [1.54, 1.807) is 0 Å². The predicted octanol–water partition coefficient (Wildman–Crippen LogP) is 7.16. The molecule has 0 aromatic carbocycles. The highest BCUT2D eigenvalue weighted by Gasteiger charge is 2.59. The van der Waals surface area contributed by atoms with Crippen LogP contribution in [0.2, 0.25) is 0 Å². The Hall–Kier alpha value is 0.0700. The van der Waals surface area contributed by atoms with Gasteiger partial charge in [-0.3, -0.25) is 9.05 Å². The van der Waals surface area contributed by atoms with Gasteiger partial charge in [-0.05, 0) is 6.42 Å². The Morgan fingerprint density at radius 1 is 0.828 bits per heavy atom. The number of rotatable bonds is 16. The molecule has 4 fully saturated rings. The molecule has 4 saturated heterocycles. The summed E-state index contributed by atoms with van der Waals surface area (Å²) in [7, 11) is -3.36. The number of phosphoric ester groups is 1. The Balaban J connectivity index is 1.13. The van der Waals surface area contributed by atoms with Gasteiger partial charge in [0.2, 0.25) is 0 Å². The van der Waals surface area contributed by atoms with Crippen LogP contribution in [-0.4, -0.2) is 37.0 Å². The number of hydrogen-bond donors (Lipinski definition) is 0. The van der Waals surface area contributed by atoms with Gasteiger partial charge in [-0.15, -0.1) is 0 Å². The van der Waals surface area contributed by atoms with Crippen molar-refractivity contribution in [2.24, 2.45) is 5.92 Å². The molecule has 4 aliphatic heterocycles. The van der Waals surface area contributed by atoms with Crippen LogP contribution in [0.25, 0.3) is 0 Å². The second-order valence-electron chi connectivity index (χ2n) is 9.63. The fraction of sp³-hybridized carbons (Fsp3) is 1.00. The predicted molar refractivity (Wildman–Crippen MR) is 117 cm³/mol. The first kappa shape index (κ1) is 23.7. The van der Waals surface area contributed by atoms with E-state index in [4.69, 9.17) is 13.7 Å². The van der Waals surface area contributed by atoms with Crippen LogP contribution in [0, 0.1) is 5.92 Å². The van der Waals surface area contributed by atoms with Crippen molar-refractivity contribution in [3.05, 3.63) is 0 Å². The second-order valence-corrected chi connectivity index (χ2v) is 11.2. The lowest BCUT2D eigenvalue weighted by atomic mass is 9.85. The van der Waals surface area contributed by atoms with Gasteiger partial charge in [-0.25, -0.2) is 4.57 Å². The smallest absolute Gasteiger partial charge is 0.284 e. The van der Waals surface area contributed by atoms with Gasteiger partial charge in [0.15, 0.2) is 0 Å². The van der Waals surface area contributed by atoms with Crippen molar-refractivity contribution < 1.29 is 22.9 Å². The number of fused-ring (bicyclic) bond motifs is 2. The van der Waals surface area contributed by atoms with Gasteiger partial charge >= 0.3 is 7.82 Å². The highest BCUT2D eigenvalue weighted by molar-refractivity contribution is 7.48. The number of piperidine rings is 3. The molecule has 0 radical (unpaired) electrons. The summed E-state index contributed by atoms with van der Waals surface area (Å²) in [4.78, 5) is 0. The summed E-state index contributed by atoms with van der Waals surface area (Å²) in [6.07, 6.45) is 21.0. The number of hydroxylamine groups is 3. The van der Waals surface area contributed by atoms with E-state index in [9.17, 15) is 4.57 Å². The number of hydrogen-bond acceptors (Lipinski definition) is 4. The minimum atomic E-state index is -3.36. The van der Waals surface area contributed by atoms with Gasteiger partial charge < -0.3 is 0 Å². The molecule has 0 saturated carbocycles. The van der Waals surface area contributed by atoms with E-state index >= 15 is 0 Å².